The molecule has 100 valence electrons. The van der Waals surface area contributed by atoms with E-state index in [9.17, 15) is 0 Å². The molecule has 2 nitrogen and oxygen atoms in total. The monoisotopic (exact) mass is 338 g/mol. The topological polar surface area (TPSA) is 25.8 Å². The third-order valence-electron chi connectivity index (χ3n) is 2.59. The molecule has 4 aromatic heterocycles. The summed E-state index contributed by atoms with van der Waals surface area (Å²) in [5.41, 5.74) is 1.97. The van der Waals surface area contributed by atoms with Crippen molar-refractivity contribution >= 4 is 66.3 Å². The number of hydrogen-bond donors (Lipinski definition) is 0. The molecule has 0 aliphatic rings. The van der Waals surface area contributed by atoms with Crippen molar-refractivity contribution in [1.29, 1.82) is 0 Å². The molecule has 0 bridgehead atoms. The minimum absolute atomic E-state index is 0.792. The quantitative estimate of drug-likeness (QED) is 0.399. The molecule has 0 aliphatic heterocycles. The van der Waals surface area contributed by atoms with Crippen molar-refractivity contribution < 1.29 is 0 Å². The maximum Gasteiger partial charge on any atom is 0.0824 e. The summed E-state index contributed by atoms with van der Waals surface area (Å²) in [5.74, 6) is 0. The average Bonchev–Trinajstić information content (AvgIpc) is 3.08. The number of hydrogen-bond acceptors (Lipinski definition) is 4. The molecule has 4 aromatic rings. The standard InChI is InChI=1S/2C7H4ClNS/c2*8-5-1-3-9-6-2-4-10-7(5)6/h2*1-4H. The van der Waals surface area contributed by atoms with Gasteiger partial charge in [0.2, 0.25) is 0 Å². The molecule has 0 saturated carbocycles. The molecule has 0 saturated heterocycles. The lowest BCUT2D eigenvalue weighted by Gasteiger charge is -1.88. The van der Waals surface area contributed by atoms with Crippen molar-refractivity contribution in [3.63, 3.8) is 0 Å². The van der Waals surface area contributed by atoms with Crippen molar-refractivity contribution in [2.45, 2.75) is 0 Å². The zero-order valence-corrected chi connectivity index (χ0v) is 13.2. The van der Waals surface area contributed by atoms with E-state index in [4.69, 9.17) is 23.2 Å². The first-order valence-electron chi connectivity index (χ1n) is 5.71. The Labute approximate surface area is 133 Å². The number of nitrogens with zero attached hydrogens (tertiary/aromatic N) is 2. The minimum atomic E-state index is 0.792. The number of fused-ring (bicyclic) bond motifs is 2. The van der Waals surface area contributed by atoms with E-state index in [0.717, 1.165) is 30.5 Å². The van der Waals surface area contributed by atoms with E-state index < -0.39 is 0 Å². The zero-order chi connectivity index (χ0) is 13.9. The second-order valence-electron chi connectivity index (χ2n) is 3.86. The Kier molecular flexibility index (Phi) is 4.17. The molecular weight excluding hydrogens is 331 g/mol. The Bertz CT molecular complexity index is 782. The van der Waals surface area contributed by atoms with Crippen LogP contribution in [0, 0.1) is 0 Å². The van der Waals surface area contributed by atoms with Gasteiger partial charge >= 0.3 is 0 Å². The molecular formula is C14H8Cl2N2S2. The van der Waals surface area contributed by atoms with Gasteiger partial charge < -0.3 is 0 Å². The van der Waals surface area contributed by atoms with Crippen LogP contribution in [-0.2, 0) is 0 Å². The van der Waals surface area contributed by atoms with E-state index in [1.165, 1.54) is 0 Å². The fourth-order valence-electron chi connectivity index (χ4n) is 1.68. The van der Waals surface area contributed by atoms with Crippen LogP contribution in [0.1, 0.15) is 0 Å². The van der Waals surface area contributed by atoms with Gasteiger partial charge in [-0.05, 0) is 35.0 Å². The highest BCUT2D eigenvalue weighted by atomic mass is 35.5. The number of halogens is 2. The summed E-state index contributed by atoms with van der Waals surface area (Å²) in [6.45, 7) is 0. The second-order valence-corrected chi connectivity index (χ2v) is 6.50. The Morgan fingerprint density at radius 3 is 1.55 bits per heavy atom. The average molecular weight is 339 g/mol. The van der Waals surface area contributed by atoms with Crippen LogP contribution in [0.3, 0.4) is 0 Å². The van der Waals surface area contributed by atoms with E-state index in [0.29, 0.717) is 0 Å². The second kappa shape index (κ2) is 6.06. The zero-order valence-electron chi connectivity index (χ0n) is 10.1. The summed E-state index contributed by atoms with van der Waals surface area (Å²) in [7, 11) is 0. The smallest absolute Gasteiger partial charge is 0.0824 e. The summed E-state index contributed by atoms with van der Waals surface area (Å²) in [6.07, 6.45) is 3.44. The predicted molar refractivity (Wildman–Crippen MR) is 89.3 cm³/mol. The first-order chi connectivity index (χ1) is 9.75. The molecule has 4 rings (SSSR count). The first-order valence-corrected chi connectivity index (χ1v) is 8.22. The van der Waals surface area contributed by atoms with Gasteiger partial charge in [-0.3, -0.25) is 9.97 Å². The number of pyridine rings is 2. The highest BCUT2D eigenvalue weighted by Gasteiger charge is 1.98. The maximum atomic E-state index is 5.87. The molecule has 4 heterocycles. The van der Waals surface area contributed by atoms with Crippen LogP contribution in [-0.4, -0.2) is 9.97 Å². The Balaban J connectivity index is 0.000000121. The molecule has 0 fully saturated rings. The van der Waals surface area contributed by atoms with Gasteiger partial charge in [0, 0.05) is 12.4 Å². The lowest BCUT2D eigenvalue weighted by molar-refractivity contribution is 1.43. The largest absolute Gasteiger partial charge is 0.255 e. The normalized spacial score (nSPS) is 10.5. The van der Waals surface area contributed by atoms with Crippen LogP contribution in [0.25, 0.3) is 20.4 Å². The summed E-state index contributed by atoms with van der Waals surface area (Å²) < 4.78 is 2.15. The fraction of sp³-hybridized carbons (Fsp3) is 0. The van der Waals surface area contributed by atoms with Crippen molar-refractivity contribution in [2.75, 3.05) is 0 Å². The third-order valence-corrected chi connectivity index (χ3v) is 5.32. The van der Waals surface area contributed by atoms with Crippen LogP contribution in [0.4, 0.5) is 0 Å². The molecule has 0 amide bonds. The van der Waals surface area contributed by atoms with Crippen molar-refractivity contribution in [3.05, 3.63) is 57.5 Å². The molecule has 20 heavy (non-hydrogen) atoms. The molecule has 0 aliphatic carbocycles. The highest BCUT2D eigenvalue weighted by Crippen LogP contribution is 2.26. The summed E-state index contributed by atoms with van der Waals surface area (Å²) in [6, 6.07) is 7.54. The van der Waals surface area contributed by atoms with E-state index in [2.05, 4.69) is 9.97 Å². The van der Waals surface area contributed by atoms with E-state index in [1.54, 1.807) is 47.2 Å². The molecule has 0 atom stereocenters. The van der Waals surface area contributed by atoms with Gasteiger partial charge in [-0.25, -0.2) is 0 Å². The number of thiophene rings is 2. The summed E-state index contributed by atoms with van der Waals surface area (Å²) in [4.78, 5) is 8.26. The fourth-order valence-corrected chi connectivity index (χ4v) is 3.77. The third kappa shape index (κ3) is 2.79. The van der Waals surface area contributed by atoms with Gasteiger partial charge in [0.25, 0.3) is 0 Å². The molecule has 6 heteroatoms. The lowest BCUT2D eigenvalue weighted by Crippen LogP contribution is -1.69. The molecule has 0 unspecified atom stereocenters. The van der Waals surface area contributed by atoms with Crippen LogP contribution < -0.4 is 0 Å². The Morgan fingerprint density at radius 2 is 1.15 bits per heavy atom. The van der Waals surface area contributed by atoms with E-state index in [1.807, 2.05) is 22.9 Å². The van der Waals surface area contributed by atoms with Gasteiger partial charge in [-0.1, -0.05) is 23.2 Å². The number of aromatic nitrogens is 2. The van der Waals surface area contributed by atoms with Crippen LogP contribution in [0.5, 0.6) is 0 Å². The van der Waals surface area contributed by atoms with E-state index >= 15 is 0 Å². The first kappa shape index (κ1) is 13.8. The predicted octanol–water partition coefficient (Wildman–Crippen LogP) is 5.90. The summed E-state index contributed by atoms with van der Waals surface area (Å²) in [5, 5.41) is 5.56. The highest BCUT2D eigenvalue weighted by molar-refractivity contribution is 7.18. The number of rotatable bonds is 0. The van der Waals surface area contributed by atoms with Gasteiger partial charge in [-0.15, -0.1) is 22.7 Å². The van der Waals surface area contributed by atoms with E-state index in [-0.39, 0.29) is 0 Å². The Morgan fingerprint density at radius 1 is 0.700 bits per heavy atom. The van der Waals surface area contributed by atoms with Gasteiger partial charge in [-0.2, -0.15) is 0 Å². The molecule has 0 N–H and O–H groups in total. The SMILES string of the molecule is Clc1ccnc2ccsc12.Clc1ccnc2ccsc12. The van der Waals surface area contributed by atoms with Gasteiger partial charge in [0.05, 0.1) is 30.5 Å². The van der Waals surface area contributed by atoms with Crippen molar-refractivity contribution in [1.82, 2.24) is 9.97 Å². The van der Waals surface area contributed by atoms with Crippen LogP contribution in [0.2, 0.25) is 10.0 Å². The molecule has 0 spiro atoms. The minimum Gasteiger partial charge on any atom is -0.255 e. The van der Waals surface area contributed by atoms with Crippen LogP contribution in [0.15, 0.2) is 47.4 Å². The van der Waals surface area contributed by atoms with Crippen LogP contribution >= 0.6 is 45.9 Å². The molecule has 0 aromatic carbocycles. The van der Waals surface area contributed by atoms with Crippen molar-refractivity contribution in [2.24, 2.45) is 0 Å². The molecule has 0 radical (unpaired) electrons. The van der Waals surface area contributed by atoms with Gasteiger partial charge in [0.1, 0.15) is 0 Å². The lowest BCUT2D eigenvalue weighted by atomic mass is 10.4. The summed E-state index contributed by atoms with van der Waals surface area (Å²) >= 11 is 15.0. The van der Waals surface area contributed by atoms with Crippen molar-refractivity contribution in [3.8, 4) is 0 Å². The van der Waals surface area contributed by atoms with Gasteiger partial charge in [0.15, 0.2) is 0 Å². The Hall–Kier alpha value is -1.20. The maximum absolute atomic E-state index is 5.87.